The minimum absolute atomic E-state index is 0.216. The predicted molar refractivity (Wildman–Crippen MR) is 104 cm³/mol. The highest BCUT2D eigenvalue weighted by molar-refractivity contribution is 5.81. The topological polar surface area (TPSA) is 111 Å². The van der Waals surface area contributed by atoms with E-state index in [-0.39, 0.29) is 17.5 Å². The molecule has 0 unspecified atom stereocenters. The summed E-state index contributed by atoms with van der Waals surface area (Å²) >= 11 is 0. The van der Waals surface area contributed by atoms with Crippen molar-refractivity contribution in [3.8, 4) is 6.01 Å². The van der Waals surface area contributed by atoms with Crippen LogP contribution in [0, 0.1) is 0 Å². The molecule has 0 bridgehead atoms. The third-order valence-corrected chi connectivity index (χ3v) is 5.04. The number of rotatable bonds is 10. The zero-order chi connectivity index (χ0) is 19.2. The molecule has 2 aromatic heterocycles. The molecule has 9 heteroatoms. The van der Waals surface area contributed by atoms with Gasteiger partial charge in [-0.05, 0) is 32.2 Å². The van der Waals surface area contributed by atoms with Crippen LogP contribution in [-0.4, -0.2) is 63.9 Å². The third kappa shape index (κ3) is 4.59. The first kappa shape index (κ1) is 19.6. The number of hydrogen-bond acceptors (Lipinski definition) is 7. The zero-order valence-electron chi connectivity index (χ0n) is 16.2. The van der Waals surface area contributed by atoms with Gasteiger partial charge in [-0.3, -0.25) is 9.47 Å². The molecule has 1 atom stereocenters. The Morgan fingerprint density at radius 1 is 1.30 bits per heavy atom. The highest BCUT2D eigenvalue weighted by Gasteiger charge is 2.24. The third-order valence-electron chi connectivity index (χ3n) is 5.04. The lowest BCUT2D eigenvalue weighted by molar-refractivity contribution is 0.114. The summed E-state index contributed by atoms with van der Waals surface area (Å²) in [5, 5.41) is 0. The van der Waals surface area contributed by atoms with E-state index in [9.17, 15) is 4.79 Å². The van der Waals surface area contributed by atoms with Gasteiger partial charge in [0.2, 0.25) is 0 Å². The standard InChI is InChI=1S/C18H30N6O3/c1-3-4-11-27-17-21-15(19)14-16(22-17)24(18(25)20-14)10-6-9-23-8-5-7-13(23)12-26-2/h13H,3-12H2,1-2H3,(H,20,25)(H2,19,21,22)/t13-/m0/s1. The van der Waals surface area contributed by atoms with Gasteiger partial charge in [-0.25, -0.2) is 4.79 Å². The van der Waals surface area contributed by atoms with E-state index in [1.54, 1.807) is 11.7 Å². The van der Waals surface area contributed by atoms with Gasteiger partial charge in [0.15, 0.2) is 11.5 Å². The van der Waals surface area contributed by atoms with E-state index >= 15 is 0 Å². The largest absolute Gasteiger partial charge is 0.463 e. The van der Waals surface area contributed by atoms with Gasteiger partial charge < -0.3 is 20.2 Å². The number of fused-ring (bicyclic) bond motifs is 1. The van der Waals surface area contributed by atoms with Gasteiger partial charge in [0.05, 0.1) is 13.2 Å². The van der Waals surface area contributed by atoms with Crippen LogP contribution >= 0.6 is 0 Å². The molecular formula is C18H30N6O3. The van der Waals surface area contributed by atoms with Crippen LogP contribution in [0.15, 0.2) is 4.79 Å². The molecule has 1 aliphatic rings. The summed E-state index contributed by atoms with van der Waals surface area (Å²) in [6.45, 7) is 5.96. The summed E-state index contributed by atoms with van der Waals surface area (Å²) < 4.78 is 12.5. The van der Waals surface area contributed by atoms with E-state index in [4.69, 9.17) is 15.2 Å². The number of nitrogens with zero attached hydrogens (tertiary/aromatic N) is 4. The van der Waals surface area contributed by atoms with Crippen LogP contribution in [0.2, 0.25) is 0 Å². The molecule has 9 nitrogen and oxygen atoms in total. The van der Waals surface area contributed by atoms with E-state index < -0.39 is 0 Å². The Bertz CT molecular complexity index is 802. The van der Waals surface area contributed by atoms with Crippen molar-refractivity contribution in [2.75, 3.05) is 39.1 Å². The summed E-state index contributed by atoms with van der Waals surface area (Å²) in [5.74, 6) is 0.238. The van der Waals surface area contributed by atoms with Crippen LogP contribution in [-0.2, 0) is 11.3 Å². The second kappa shape index (κ2) is 9.18. The fourth-order valence-electron chi connectivity index (χ4n) is 3.61. The number of unbranched alkanes of at least 4 members (excludes halogenated alkanes) is 1. The van der Waals surface area contributed by atoms with Crippen LogP contribution in [0.4, 0.5) is 5.82 Å². The van der Waals surface area contributed by atoms with Gasteiger partial charge in [0.1, 0.15) is 5.52 Å². The van der Waals surface area contributed by atoms with Gasteiger partial charge in [-0.1, -0.05) is 13.3 Å². The Labute approximate surface area is 158 Å². The summed E-state index contributed by atoms with van der Waals surface area (Å²) in [6, 6.07) is 0.701. The van der Waals surface area contributed by atoms with Gasteiger partial charge in [0, 0.05) is 26.2 Å². The number of methoxy groups -OCH3 is 1. The van der Waals surface area contributed by atoms with Crippen LogP contribution in [0.5, 0.6) is 6.01 Å². The molecule has 27 heavy (non-hydrogen) atoms. The second-order valence-electron chi connectivity index (χ2n) is 7.01. The maximum atomic E-state index is 12.4. The summed E-state index contributed by atoms with van der Waals surface area (Å²) in [6.07, 6.45) is 5.16. The molecule has 2 aromatic rings. The minimum atomic E-state index is -0.216. The molecule has 1 fully saturated rings. The Morgan fingerprint density at radius 2 is 2.15 bits per heavy atom. The quantitative estimate of drug-likeness (QED) is 0.601. The minimum Gasteiger partial charge on any atom is -0.463 e. The average molecular weight is 378 g/mol. The number of aromatic nitrogens is 4. The van der Waals surface area contributed by atoms with E-state index in [2.05, 4.69) is 26.8 Å². The maximum Gasteiger partial charge on any atom is 0.327 e. The molecule has 1 saturated heterocycles. The number of H-pyrrole nitrogens is 1. The van der Waals surface area contributed by atoms with E-state index in [0.29, 0.717) is 30.4 Å². The van der Waals surface area contributed by atoms with Crippen molar-refractivity contribution in [1.82, 2.24) is 24.4 Å². The molecular weight excluding hydrogens is 348 g/mol. The fourth-order valence-corrected chi connectivity index (χ4v) is 3.61. The zero-order valence-corrected chi connectivity index (χ0v) is 16.2. The van der Waals surface area contributed by atoms with E-state index in [1.807, 2.05) is 0 Å². The molecule has 1 aliphatic heterocycles. The van der Waals surface area contributed by atoms with Crippen LogP contribution in [0.25, 0.3) is 11.2 Å². The molecule has 0 spiro atoms. The van der Waals surface area contributed by atoms with Crippen LogP contribution < -0.4 is 16.2 Å². The predicted octanol–water partition coefficient (Wildman–Crippen LogP) is 1.38. The summed E-state index contributed by atoms with van der Waals surface area (Å²) in [4.78, 5) is 26.1. The lowest BCUT2D eigenvalue weighted by Gasteiger charge is -2.23. The first-order valence-electron chi connectivity index (χ1n) is 9.75. The Kier molecular flexibility index (Phi) is 6.68. The average Bonchev–Trinajstić information content (AvgIpc) is 3.21. The molecule has 3 rings (SSSR count). The molecule has 3 heterocycles. The van der Waals surface area contributed by atoms with Gasteiger partial charge in [-0.15, -0.1) is 0 Å². The van der Waals surface area contributed by atoms with Crippen molar-refractivity contribution in [2.24, 2.45) is 0 Å². The number of nitrogen functional groups attached to an aromatic ring is 1. The number of aromatic amines is 1. The second-order valence-corrected chi connectivity index (χ2v) is 7.01. The van der Waals surface area contributed by atoms with E-state index in [1.165, 1.54) is 12.8 Å². The van der Waals surface area contributed by atoms with Crippen molar-refractivity contribution < 1.29 is 9.47 Å². The Morgan fingerprint density at radius 3 is 2.93 bits per heavy atom. The van der Waals surface area contributed by atoms with E-state index in [0.717, 1.165) is 39.0 Å². The van der Waals surface area contributed by atoms with Crippen LogP contribution in [0.1, 0.15) is 39.0 Å². The fraction of sp³-hybridized carbons (Fsp3) is 0.722. The molecule has 0 aliphatic carbocycles. The lowest BCUT2D eigenvalue weighted by atomic mass is 10.2. The number of hydrogen-bond donors (Lipinski definition) is 2. The Hall–Kier alpha value is -2.13. The van der Waals surface area contributed by atoms with Gasteiger partial charge >= 0.3 is 11.7 Å². The molecule has 3 N–H and O–H groups in total. The van der Waals surface area contributed by atoms with Crippen molar-refractivity contribution >= 4 is 17.0 Å². The number of anilines is 1. The summed E-state index contributed by atoms with van der Waals surface area (Å²) in [5.41, 5.74) is 6.75. The number of aryl methyl sites for hydroxylation is 1. The normalized spacial score (nSPS) is 17.8. The number of likely N-dealkylation sites (tertiary alicyclic amines) is 1. The number of imidazole rings is 1. The maximum absolute atomic E-state index is 12.4. The lowest BCUT2D eigenvalue weighted by Crippen LogP contribution is -2.34. The number of nitrogens with two attached hydrogens (primary N) is 1. The van der Waals surface area contributed by atoms with Crippen molar-refractivity contribution in [2.45, 2.75) is 51.6 Å². The van der Waals surface area contributed by atoms with Gasteiger partial charge in [-0.2, -0.15) is 9.97 Å². The molecule has 0 saturated carbocycles. The highest BCUT2D eigenvalue weighted by Crippen LogP contribution is 2.20. The molecule has 0 amide bonds. The highest BCUT2D eigenvalue weighted by atomic mass is 16.5. The SMILES string of the molecule is CCCCOc1nc(N)c2[nH]c(=O)n(CCCN3CCC[C@H]3COC)c2n1. The summed E-state index contributed by atoms with van der Waals surface area (Å²) in [7, 11) is 1.74. The van der Waals surface area contributed by atoms with Gasteiger partial charge in [0.25, 0.3) is 0 Å². The Balaban J connectivity index is 1.70. The van der Waals surface area contributed by atoms with Crippen molar-refractivity contribution in [3.63, 3.8) is 0 Å². The molecule has 0 radical (unpaired) electrons. The number of nitrogens with one attached hydrogen (secondary N) is 1. The van der Waals surface area contributed by atoms with Crippen LogP contribution in [0.3, 0.4) is 0 Å². The first-order chi connectivity index (χ1) is 13.1. The molecule has 0 aromatic carbocycles. The smallest absolute Gasteiger partial charge is 0.327 e. The monoisotopic (exact) mass is 378 g/mol. The van der Waals surface area contributed by atoms with Crippen molar-refractivity contribution in [3.05, 3.63) is 10.5 Å². The first-order valence-corrected chi connectivity index (χ1v) is 9.75. The van der Waals surface area contributed by atoms with Crippen molar-refractivity contribution in [1.29, 1.82) is 0 Å². The number of ether oxygens (including phenoxy) is 2. The molecule has 150 valence electrons.